The SMILES string of the molecule is CC1(C)CCC([C@@H](O)[C@H](N)CO)CC1. The fraction of sp³-hybridized carbons (Fsp3) is 1.00. The fourth-order valence-electron chi connectivity index (χ4n) is 2.22. The predicted octanol–water partition coefficient (Wildman–Crippen LogP) is 0.883. The van der Waals surface area contributed by atoms with Crippen molar-refractivity contribution in [3.8, 4) is 0 Å². The van der Waals surface area contributed by atoms with Crippen molar-refractivity contribution in [2.24, 2.45) is 17.1 Å². The number of hydrogen-bond donors (Lipinski definition) is 3. The van der Waals surface area contributed by atoms with Crippen LogP contribution in [0, 0.1) is 11.3 Å². The van der Waals surface area contributed by atoms with E-state index in [2.05, 4.69) is 13.8 Å². The van der Waals surface area contributed by atoms with Gasteiger partial charge in [-0.25, -0.2) is 0 Å². The van der Waals surface area contributed by atoms with Crippen LogP contribution in [0.4, 0.5) is 0 Å². The van der Waals surface area contributed by atoms with Crippen LogP contribution in [0.15, 0.2) is 0 Å². The molecule has 1 saturated carbocycles. The molecule has 0 spiro atoms. The third-order valence-electron chi connectivity index (χ3n) is 3.52. The molecule has 0 aromatic rings. The van der Waals surface area contributed by atoms with Crippen molar-refractivity contribution in [2.75, 3.05) is 6.61 Å². The molecule has 0 radical (unpaired) electrons. The van der Waals surface area contributed by atoms with Gasteiger partial charge in [-0.1, -0.05) is 13.8 Å². The zero-order valence-electron chi connectivity index (χ0n) is 9.24. The molecule has 84 valence electrons. The largest absolute Gasteiger partial charge is 0.395 e. The van der Waals surface area contributed by atoms with Crippen LogP contribution >= 0.6 is 0 Å². The fourth-order valence-corrected chi connectivity index (χ4v) is 2.22. The average Bonchev–Trinajstić information content (AvgIpc) is 2.15. The van der Waals surface area contributed by atoms with E-state index in [0.29, 0.717) is 5.41 Å². The maximum Gasteiger partial charge on any atom is 0.0741 e. The number of nitrogens with two attached hydrogens (primary N) is 1. The minimum atomic E-state index is -0.531. The van der Waals surface area contributed by atoms with Gasteiger partial charge in [-0.05, 0) is 37.0 Å². The molecule has 2 atom stereocenters. The lowest BCUT2D eigenvalue weighted by Crippen LogP contribution is -2.44. The number of aliphatic hydroxyl groups excluding tert-OH is 2. The molecule has 0 amide bonds. The smallest absolute Gasteiger partial charge is 0.0741 e. The van der Waals surface area contributed by atoms with Gasteiger partial charge >= 0.3 is 0 Å². The Balaban J connectivity index is 2.41. The first-order valence-corrected chi connectivity index (χ1v) is 5.51. The summed E-state index contributed by atoms with van der Waals surface area (Å²) in [6, 6.07) is -0.471. The van der Waals surface area contributed by atoms with Gasteiger partial charge in [-0.3, -0.25) is 0 Å². The van der Waals surface area contributed by atoms with E-state index in [1.807, 2.05) is 0 Å². The highest BCUT2D eigenvalue weighted by atomic mass is 16.3. The van der Waals surface area contributed by atoms with E-state index < -0.39 is 12.1 Å². The third kappa shape index (κ3) is 2.94. The standard InChI is InChI=1S/C11H23NO2/c1-11(2)5-3-8(4-6-11)10(14)9(12)7-13/h8-10,13-14H,3-7,12H2,1-2H3/t9-,10-/m1/s1. The molecule has 0 saturated heterocycles. The Bertz CT molecular complexity index is 172. The molecule has 3 heteroatoms. The van der Waals surface area contributed by atoms with Crippen molar-refractivity contribution in [2.45, 2.75) is 51.7 Å². The highest BCUT2D eigenvalue weighted by Gasteiger charge is 2.32. The topological polar surface area (TPSA) is 66.5 Å². The maximum absolute atomic E-state index is 9.83. The van der Waals surface area contributed by atoms with Gasteiger partial charge in [0.25, 0.3) is 0 Å². The van der Waals surface area contributed by atoms with E-state index in [1.54, 1.807) is 0 Å². The highest BCUT2D eigenvalue weighted by Crippen LogP contribution is 2.39. The summed E-state index contributed by atoms with van der Waals surface area (Å²) < 4.78 is 0. The predicted molar refractivity (Wildman–Crippen MR) is 56.8 cm³/mol. The summed E-state index contributed by atoms with van der Waals surface area (Å²) in [5, 5.41) is 18.7. The number of hydrogen-bond acceptors (Lipinski definition) is 3. The zero-order valence-corrected chi connectivity index (χ0v) is 9.24. The molecule has 1 aliphatic carbocycles. The number of rotatable bonds is 3. The van der Waals surface area contributed by atoms with Crippen LogP contribution in [0.5, 0.6) is 0 Å². The molecular weight excluding hydrogens is 178 g/mol. The van der Waals surface area contributed by atoms with E-state index in [1.165, 1.54) is 0 Å². The van der Waals surface area contributed by atoms with Crippen LogP contribution in [0.1, 0.15) is 39.5 Å². The zero-order chi connectivity index (χ0) is 10.8. The van der Waals surface area contributed by atoms with Crippen LogP contribution < -0.4 is 5.73 Å². The monoisotopic (exact) mass is 201 g/mol. The van der Waals surface area contributed by atoms with Gasteiger partial charge in [0.15, 0.2) is 0 Å². The van der Waals surface area contributed by atoms with Crippen molar-refractivity contribution < 1.29 is 10.2 Å². The summed E-state index contributed by atoms with van der Waals surface area (Å²) in [4.78, 5) is 0. The Morgan fingerprint density at radius 2 is 1.86 bits per heavy atom. The molecule has 4 N–H and O–H groups in total. The molecule has 1 fully saturated rings. The van der Waals surface area contributed by atoms with E-state index in [-0.39, 0.29) is 12.5 Å². The minimum absolute atomic E-state index is 0.124. The molecule has 1 rings (SSSR count). The van der Waals surface area contributed by atoms with Gasteiger partial charge in [0.2, 0.25) is 0 Å². The van der Waals surface area contributed by atoms with Crippen molar-refractivity contribution >= 4 is 0 Å². The normalized spacial score (nSPS) is 27.2. The van der Waals surface area contributed by atoms with E-state index in [4.69, 9.17) is 10.8 Å². The van der Waals surface area contributed by atoms with Crippen LogP contribution in [-0.4, -0.2) is 29.0 Å². The van der Waals surface area contributed by atoms with Gasteiger partial charge in [0.05, 0.1) is 18.8 Å². The summed E-state index contributed by atoms with van der Waals surface area (Å²) in [7, 11) is 0. The summed E-state index contributed by atoms with van der Waals surface area (Å²) in [5.74, 6) is 0.283. The van der Waals surface area contributed by atoms with E-state index in [9.17, 15) is 5.11 Å². The van der Waals surface area contributed by atoms with Crippen molar-refractivity contribution in [3.63, 3.8) is 0 Å². The molecule has 0 unspecified atom stereocenters. The molecular formula is C11H23NO2. The van der Waals surface area contributed by atoms with Crippen molar-refractivity contribution in [1.82, 2.24) is 0 Å². The molecule has 3 nitrogen and oxygen atoms in total. The van der Waals surface area contributed by atoms with E-state index >= 15 is 0 Å². The maximum atomic E-state index is 9.83. The molecule has 14 heavy (non-hydrogen) atoms. The van der Waals surface area contributed by atoms with Crippen molar-refractivity contribution in [1.29, 1.82) is 0 Å². The average molecular weight is 201 g/mol. The Morgan fingerprint density at radius 3 is 2.29 bits per heavy atom. The highest BCUT2D eigenvalue weighted by molar-refractivity contribution is 4.85. The van der Waals surface area contributed by atoms with Crippen LogP contribution in [0.25, 0.3) is 0 Å². The Hall–Kier alpha value is -0.120. The lowest BCUT2D eigenvalue weighted by Gasteiger charge is -2.37. The first kappa shape index (κ1) is 12.0. The lowest BCUT2D eigenvalue weighted by atomic mass is 9.71. The second kappa shape index (κ2) is 4.60. The van der Waals surface area contributed by atoms with Crippen LogP contribution in [0.3, 0.4) is 0 Å². The molecule has 0 aromatic carbocycles. The van der Waals surface area contributed by atoms with E-state index in [0.717, 1.165) is 25.7 Å². The molecule has 1 aliphatic rings. The molecule has 0 aliphatic heterocycles. The first-order chi connectivity index (χ1) is 6.46. The Kier molecular flexibility index (Phi) is 3.93. The molecule has 0 heterocycles. The summed E-state index contributed by atoms with van der Waals surface area (Å²) >= 11 is 0. The third-order valence-corrected chi connectivity index (χ3v) is 3.52. The Labute approximate surface area is 86.3 Å². The van der Waals surface area contributed by atoms with Crippen molar-refractivity contribution in [3.05, 3.63) is 0 Å². The minimum Gasteiger partial charge on any atom is -0.395 e. The molecule has 0 aromatic heterocycles. The summed E-state index contributed by atoms with van der Waals surface area (Å²) in [6.07, 6.45) is 3.82. The molecule has 0 bridgehead atoms. The van der Waals surface area contributed by atoms with Gasteiger partial charge < -0.3 is 15.9 Å². The Morgan fingerprint density at radius 1 is 1.36 bits per heavy atom. The van der Waals surface area contributed by atoms with Gasteiger partial charge in [0.1, 0.15) is 0 Å². The lowest BCUT2D eigenvalue weighted by molar-refractivity contribution is 0.0249. The van der Waals surface area contributed by atoms with Crippen LogP contribution in [0.2, 0.25) is 0 Å². The van der Waals surface area contributed by atoms with Gasteiger partial charge in [-0.15, -0.1) is 0 Å². The second-order valence-corrected chi connectivity index (χ2v) is 5.34. The summed E-state index contributed by atoms with van der Waals surface area (Å²) in [5.41, 5.74) is 6.03. The van der Waals surface area contributed by atoms with Crippen LogP contribution in [-0.2, 0) is 0 Å². The quantitative estimate of drug-likeness (QED) is 0.635. The second-order valence-electron chi connectivity index (χ2n) is 5.34. The van der Waals surface area contributed by atoms with Gasteiger partial charge in [0, 0.05) is 0 Å². The summed E-state index contributed by atoms with van der Waals surface area (Å²) in [6.45, 7) is 4.41. The number of aliphatic hydroxyl groups is 2. The first-order valence-electron chi connectivity index (χ1n) is 5.51. The van der Waals surface area contributed by atoms with Gasteiger partial charge in [-0.2, -0.15) is 0 Å².